The van der Waals surface area contributed by atoms with Crippen LogP contribution in [0.5, 0.6) is 0 Å². The monoisotopic (exact) mass is 392 g/mol. The van der Waals surface area contributed by atoms with Gasteiger partial charge in [0.2, 0.25) is 0 Å². The fourth-order valence-corrected chi connectivity index (χ4v) is 4.25. The van der Waals surface area contributed by atoms with Crippen molar-refractivity contribution >= 4 is 17.3 Å². The summed E-state index contributed by atoms with van der Waals surface area (Å²) in [6.07, 6.45) is 7.15. The first-order valence-corrected chi connectivity index (χ1v) is 10.1. The van der Waals surface area contributed by atoms with E-state index in [9.17, 15) is 14.9 Å². The molecule has 29 heavy (non-hydrogen) atoms. The summed E-state index contributed by atoms with van der Waals surface area (Å²) >= 11 is 0. The number of esters is 1. The van der Waals surface area contributed by atoms with Gasteiger partial charge in [-0.2, -0.15) is 0 Å². The van der Waals surface area contributed by atoms with Gasteiger partial charge in [0.15, 0.2) is 0 Å². The molecule has 1 aliphatic carbocycles. The molecule has 0 bridgehead atoms. The molecule has 0 unspecified atom stereocenters. The maximum Gasteiger partial charge on any atom is 0.338 e. The van der Waals surface area contributed by atoms with Gasteiger partial charge in [0, 0.05) is 23.7 Å². The predicted molar refractivity (Wildman–Crippen MR) is 111 cm³/mol. The molecule has 0 fully saturated rings. The fraction of sp³-hybridized carbons (Fsp3) is 0.348. The van der Waals surface area contributed by atoms with Crippen molar-refractivity contribution in [3.8, 4) is 0 Å². The summed E-state index contributed by atoms with van der Waals surface area (Å²) in [5.41, 5.74) is 3.80. The Labute approximate surface area is 169 Å². The zero-order valence-corrected chi connectivity index (χ0v) is 16.3. The number of carbonyl (C=O) groups excluding carboxylic acids is 1. The second-order valence-electron chi connectivity index (χ2n) is 7.62. The SMILES string of the molecule is CCCCOC(=O)c1ccc2c(c1)[C@@H]1C=CC[C@@H]1[C@@H](c1ccc([N+](=O)[O-])cc1)N2. The first-order valence-electron chi connectivity index (χ1n) is 10.1. The van der Waals surface area contributed by atoms with E-state index in [0.717, 1.165) is 36.1 Å². The normalized spacial score (nSPS) is 21.8. The predicted octanol–water partition coefficient (Wildman–Crippen LogP) is 5.38. The molecule has 2 aliphatic rings. The van der Waals surface area contributed by atoms with E-state index in [-0.39, 0.29) is 28.5 Å². The number of nitro benzene ring substituents is 1. The highest BCUT2D eigenvalue weighted by atomic mass is 16.6. The number of rotatable bonds is 6. The van der Waals surface area contributed by atoms with Crippen LogP contribution in [0.4, 0.5) is 11.4 Å². The maximum absolute atomic E-state index is 12.4. The molecule has 0 spiro atoms. The van der Waals surface area contributed by atoms with Crippen molar-refractivity contribution in [1.29, 1.82) is 0 Å². The lowest BCUT2D eigenvalue weighted by atomic mass is 9.76. The minimum atomic E-state index is -0.381. The lowest BCUT2D eigenvalue weighted by Gasteiger charge is -2.37. The quantitative estimate of drug-likeness (QED) is 0.235. The minimum Gasteiger partial charge on any atom is -0.462 e. The molecule has 3 atom stereocenters. The van der Waals surface area contributed by atoms with Crippen LogP contribution in [0.25, 0.3) is 0 Å². The third-order valence-electron chi connectivity index (χ3n) is 5.79. The highest BCUT2D eigenvalue weighted by Gasteiger charge is 2.38. The van der Waals surface area contributed by atoms with Crippen LogP contribution in [-0.4, -0.2) is 17.5 Å². The Kier molecular flexibility index (Phi) is 5.34. The van der Waals surface area contributed by atoms with Crippen molar-refractivity contribution in [2.45, 2.75) is 38.1 Å². The Hall–Kier alpha value is -3.15. The summed E-state index contributed by atoms with van der Waals surface area (Å²) in [5.74, 6) is 0.224. The third-order valence-corrected chi connectivity index (χ3v) is 5.79. The van der Waals surface area contributed by atoms with E-state index in [4.69, 9.17) is 4.74 Å². The molecule has 0 aromatic heterocycles. The van der Waals surface area contributed by atoms with Crippen molar-refractivity contribution in [3.63, 3.8) is 0 Å². The van der Waals surface area contributed by atoms with Crippen molar-refractivity contribution < 1.29 is 14.5 Å². The van der Waals surface area contributed by atoms with Crippen LogP contribution in [0.15, 0.2) is 54.6 Å². The molecule has 2 aromatic rings. The van der Waals surface area contributed by atoms with Crippen molar-refractivity contribution in [2.75, 3.05) is 11.9 Å². The largest absolute Gasteiger partial charge is 0.462 e. The molecule has 2 aromatic carbocycles. The lowest BCUT2D eigenvalue weighted by Crippen LogP contribution is -2.29. The highest BCUT2D eigenvalue weighted by Crippen LogP contribution is 2.50. The Balaban J connectivity index is 1.60. The van der Waals surface area contributed by atoms with Crippen LogP contribution in [0.1, 0.15) is 59.6 Å². The summed E-state index contributed by atoms with van der Waals surface area (Å²) in [7, 11) is 0. The number of unbranched alkanes of at least 4 members (excludes halogenated alkanes) is 1. The topological polar surface area (TPSA) is 81.5 Å². The number of nitrogens with one attached hydrogen (secondary N) is 1. The summed E-state index contributed by atoms with van der Waals surface area (Å²) in [6.45, 7) is 2.51. The number of hydrogen-bond donors (Lipinski definition) is 1. The second kappa shape index (κ2) is 8.07. The molecule has 150 valence electrons. The van der Waals surface area contributed by atoms with Crippen LogP contribution in [-0.2, 0) is 4.74 Å². The first-order chi connectivity index (χ1) is 14.1. The second-order valence-corrected chi connectivity index (χ2v) is 7.62. The number of nitro groups is 1. The van der Waals surface area contributed by atoms with E-state index in [1.807, 2.05) is 24.3 Å². The summed E-state index contributed by atoms with van der Waals surface area (Å²) < 4.78 is 5.36. The van der Waals surface area contributed by atoms with Crippen LogP contribution in [0.3, 0.4) is 0 Å². The number of benzene rings is 2. The van der Waals surface area contributed by atoms with Gasteiger partial charge in [0.1, 0.15) is 0 Å². The third kappa shape index (κ3) is 3.75. The Morgan fingerprint density at radius 1 is 1.24 bits per heavy atom. The molecule has 0 radical (unpaired) electrons. The Morgan fingerprint density at radius 2 is 2.03 bits per heavy atom. The van der Waals surface area contributed by atoms with E-state index < -0.39 is 0 Å². The standard InChI is InChI=1S/C23H24N2O4/c1-2-3-13-29-23(26)16-9-12-21-20(14-16)18-5-4-6-19(18)22(24-21)15-7-10-17(11-8-15)25(27)28/h4-5,7-12,14,18-19,22,24H,2-3,6,13H2,1H3/t18-,19+,22-/m1/s1. The van der Waals surface area contributed by atoms with E-state index >= 15 is 0 Å². The molecule has 1 heterocycles. The van der Waals surface area contributed by atoms with Crippen LogP contribution >= 0.6 is 0 Å². The number of carbonyl (C=O) groups is 1. The summed E-state index contributed by atoms with van der Waals surface area (Å²) in [4.78, 5) is 22.9. The molecular formula is C23H24N2O4. The van der Waals surface area contributed by atoms with Gasteiger partial charge >= 0.3 is 5.97 Å². The highest BCUT2D eigenvalue weighted by molar-refractivity contribution is 5.90. The number of hydrogen-bond acceptors (Lipinski definition) is 5. The first kappa shape index (κ1) is 19.2. The molecule has 0 saturated heterocycles. The van der Waals surface area contributed by atoms with Crippen molar-refractivity contribution in [2.24, 2.45) is 5.92 Å². The molecule has 6 heteroatoms. The zero-order chi connectivity index (χ0) is 20.4. The smallest absolute Gasteiger partial charge is 0.338 e. The number of nitrogens with zero attached hydrogens (tertiary/aromatic N) is 1. The van der Waals surface area contributed by atoms with Gasteiger partial charge in [-0.15, -0.1) is 0 Å². The van der Waals surface area contributed by atoms with E-state index in [1.165, 1.54) is 0 Å². The van der Waals surface area contributed by atoms with E-state index in [2.05, 4.69) is 24.4 Å². The van der Waals surface area contributed by atoms with E-state index in [0.29, 0.717) is 18.1 Å². The van der Waals surface area contributed by atoms with Gasteiger partial charge in [0.25, 0.3) is 5.69 Å². The molecular weight excluding hydrogens is 368 g/mol. The number of non-ortho nitro benzene ring substituents is 1. The van der Waals surface area contributed by atoms with Gasteiger partial charge in [-0.05, 0) is 48.1 Å². The van der Waals surface area contributed by atoms with Crippen LogP contribution in [0.2, 0.25) is 0 Å². The molecule has 4 rings (SSSR count). The molecule has 6 nitrogen and oxygen atoms in total. The van der Waals surface area contributed by atoms with Crippen LogP contribution in [0, 0.1) is 16.0 Å². The maximum atomic E-state index is 12.4. The lowest BCUT2D eigenvalue weighted by molar-refractivity contribution is -0.384. The molecule has 0 amide bonds. The fourth-order valence-electron chi connectivity index (χ4n) is 4.25. The molecule has 1 aliphatic heterocycles. The Bertz CT molecular complexity index is 952. The number of ether oxygens (including phenoxy) is 1. The number of anilines is 1. The van der Waals surface area contributed by atoms with Gasteiger partial charge in [-0.3, -0.25) is 10.1 Å². The number of allylic oxidation sites excluding steroid dienone is 2. The van der Waals surface area contributed by atoms with E-state index in [1.54, 1.807) is 18.2 Å². The van der Waals surface area contributed by atoms with Gasteiger partial charge < -0.3 is 10.1 Å². The average molecular weight is 392 g/mol. The van der Waals surface area contributed by atoms with Crippen molar-refractivity contribution in [1.82, 2.24) is 0 Å². The zero-order valence-electron chi connectivity index (χ0n) is 16.3. The minimum absolute atomic E-state index is 0.0608. The Morgan fingerprint density at radius 3 is 2.76 bits per heavy atom. The number of fused-ring (bicyclic) bond motifs is 3. The molecule has 0 saturated carbocycles. The van der Waals surface area contributed by atoms with Gasteiger partial charge in [0.05, 0.1) is 23.1 Å². The van der Waals surface area contributed by atoms with Crippen LogP contribution < -0.4 is 5.32 Å². The van der Waals surface area contributed by atoms with Gasteiger partial charge in [-0.25, -0.2) is 4.79 Å². The van der Waals surface area contributed by atoms with Crippen molar-refractivity contribution in [3.05, 3.63) is 81.4 Å². The summed E-state index contributed by atoms with van der Waals surface area (Å²) in [6, 6.07) is 12.5. The average Bonchev–Trinajstić information content (AvgIpc) is 3.23. The van der Waals surface area contributed by atoms with Gasteiger partial charge in [-0.1, -0.05) is 37.6 Å². The molecule has 1 N–H and O–H groups in total. The summed E-state index contributed by atoms with van der Waals surface area (Å²) in [5, 5.41) is 14.5.